The lowest BCUT2D eigenvalue weighted by atomic mass is 10.2. The van der Waals surface area contributed by atoms with Gasteiger partial charge < -0.3 is 15.1 Å². The third-order valence-electron chi connectivity index (χ3n) is 1.29. The Morgan fingerprint density at radius 3 is 2.20 bits per heavy atom. The van der Waals surface area contributed by atoms with E-state index < -0.39 is 30.0 Å². The zero-order valence-corrected chi connectivity index (χ0v) is 7.67. The maximum atomic E-state index is 10.8. The molecule has 0 aliphatic heterocycles. The Hall–Kier alpha value is -1.96. The molecule has 0 aromatic heterocycles. The van der Waals surface area contributed by atoms with Crippen molar-refractivity contribution in [1.29, 1.82) is 0 Å². The molecule has 8 nitrogen and oxygen atoms in total. The number of carbonyl (C=O) groups excluding carboxylic acids is 1. The Morgan fingerprint density at radius 1 is 1.20 bits per heavy atom. The normalized spacial score (nSPS) is 10.9. The van der Waals surface area contributed by atoms with E-state index in [1.165, 1.54) is 0 Å². The predicted molar refractivity (Wildman–Crippen MR) is 47.1 cm³/mol. The summed E-state index contributed by atoms with van der Waals surface area (Å²) in [6.45, 7) is -0.201. The molecule has 0 bridgehead atoms. The quantitative estimate of drug-likeness (QED) is 0.375. The van der Waals surface area contributed by atoms with Crippen LogP contribution in [0.15, 0.2) is 4.99 Å². The molecule has 0 heterocycles. The highest BCUT2D eigenvalue weighted by Gasteiger charge is 2.15. The Balaban J connectivity index is 4.40. The number of nitrogens with zero attached hydrogens (tertiary/aromatic N) is 1. The summed E-state index contributed by atoms with van der Waals surface area (Å²) in [6, 6.07) is 0. The molecule has 0 aromatic rings. The average molecular weight is 218 g/mol. The first-order chi connectivity index (χ1) is 6.97. The molecule has 0 radical (unpaired) electrons. The summed E-state index contributed by atoms with van der Waals surface area (Å²) in [5.41, 5.74) is -0.411. The van der Waals surface area contributed by atoms with Crippen molar-refractivity contribution in [2.24, 2.45) is 10.9 Å². The van der Waals surface area contributed by atoms with Crippen molar-refractivity contribution in [2.75, 3.05) is 6.54 Å². The zero-order valence-electron chi connectivity index (χ0n) is 7.67. The molecular weight excluding hydrogens is 208 g/mol. The van der Waals surface area contributed by atoms with Gasteiger partial charge in [0.2, 0.25) is 0 Å². The minimum absolute atomic E-state index is 0.201. The average Bonchev–Trinajstić information content (AvgIpc) is 2.14. The van der Waals surface area contributed by atoms with E-state index >= 15 is 0 Å². The third-order valence-corrected chi connectivity index (χ3v) is 1.29. The number of rotatable bonds is 6. The first-order valence-corrected chi connectivity index (χ1v) is 3.85. The van der Waals surface area contributed by atoms with Crippen LogP contribution in [0.5, 0.6) is 0 Å². The number of hydrogen-bond acceptors (Lipinski definition) is 6. The van der Waals surface area contributed by atoms with Crippen molar-refractivity contribution < 1.29 is 29.4 Å². The Morgan fingerprint density at radius 2 is 1.80 bits per heavy atom. The van der Waals surface area contributed by atoms with E-state index in [1.54, 1.807) is 0 Å². The molecule has 0 fully saturated rings. The topological polar surface area (TPSA) is 139 Å². The lowest BCUT2D eigenvalue weighted by molar-refractivity contribution is -0.139. The van der Waals surface area contributed by atoms with Crippen molar-refractivity contribution in [3.05, 3.63) is 0 Å². The van der Waals surface area contributed by atoms with Gasteiger partial charge in [-0.3, -0.25) is 14.6 Å². The van der Waals surface area contributed by atoms with Gasteiger partial charge in [0.15, 0.2) is 0 Å². The minimum Gasteiger partial charge on any atom is -0.481 e. The second-order valence-electron chi connectivity index (χ2n) is 2.45. The summed E-state index contributed by atoms with van der Waals surface area (Å²) in [7, 11) is 0. The van der Waals surface area contributed by atoms with Crippen LogP contribution in [0.1, 0.15) is 12.8 Å². The van der Waals surface area contributed by atoms with Crippen LogP contribution in [0.3, 0.4) is 0 Å². The maximum Gasteiger partial charge on any atom is 0.371 e. The first kappa shape index (κ1) is 13.0. The van der Waals surface area contributed by atoms with Crippen molar-refractivity contribution in [2.45, 2.75) is 12.8 Å². The van der Waals surface area contributed by atoms with E-state index in [-0.39, 0.29) is 13.0 Å². The fraction of sp³-hybridized carbons (Fsp3) is 0.429. The predicted octanol–water partition coefficient (Wildman–Crippen LogP) is -1.21. The molecule has 0 amide bonds. The number of aliphatic imine (C=N–C) groups is 1. The summed E-state index contributed by atoms with van der Waals surface area (Å²) in [4.78, 5) is 38.5. The van der Waals surface area contributed by atoms with Crippen LogP contribution in [0, 0.1) is 0 Å². The number of hydrogen-bond donors (Lipinski definition) is 3. The minimum atomic E-state index is -1.28. The number of carbonyl (C=O) groups is 3. The molecule has 0 spiro atoms. The van der Waals surface area contributed by atoms with E-state index in [0.29, 0.717) is 0 Å². The van der Waals surface area contributed by atoms with E-state index in [4.69, 9.17) is 10.2 Å². The second-order valence-corrected chi connectivity index (χ2v) is 2.45. The van der Waals surface area contributed by atoms with Gasteiger partial charge in [-0.2, -0.15) is 5.90 Å². The summed E-state index contributed by atoms with van der Waals surface area (Å²) < 4.78 is 0. The summed E-state index contributed by atoms with van der Waals surface area (Å²) in [5.74, 6) is 1.07. The van der Waals surface area contributed by atoms with Gasteiger partial charge in [0.25, 0.3) is 0 Å². The molecule has 0 atom stereocenters. The van der Waals surface area contributed by atoms with E-state index in [0.717, 1.165) is 0 Å². The van der Waals surface area contributed by atoms with Gasteiger partial charge in [-0.15, -0.1) is 0 Å². The number of carboxylic acids is 2. The van der Waals surface area contributed by atoms with Crippen LogP contribution >= 0.6 is 0 Å². The van der Waals surface area contributed by atoms with E-state index in [9.17, 15) is 14.4 Å². The van der Waals surface area contributed by atoms with Crippen LogP contribution in [-0.2, 0) is 19.2 Å². The SMILES string of the molecule is NOC(=O)C(CC(=O)O)=NCCC(=O)O. The molecule has 0 saturated heterocycles. The summed E-state index contributed by atoms with van der Waals surface area (Å²) >= 11 is 0. The standard InChI is InChI=1S/C7H10N2O6/c8-15-7(14)4(3-6(12)13)9-2-1-5(10)11/h1-3,8H2,(H,10,11)(H,12,13). The van der Waals surface area contributed by atoms with Gasteiger partial charge in [-0.1, -0.05) is 0 Å². The van der Waals surface area contributed by atoms with Crippen molar-refractivity contribution in [1.82, 2.24) is 0 Å². The Kier molecular flexibility index (Phi) is 5.64. The van der Waals surface area contributed by atoms with Gasteiger partial charge in [-0.25, -0.2) is 4.79 Å². The highest BCUT2D eigenvalue weighted by atomic mass is 16.7. The lowest BCUT2D eigenvalue weighted by Gasteiger charge is -2.00. The maximum absolute atomic E-state index is 10.8. The highest BCUT2D eigenvalue weighted by Crippen LogP contribution is 1.93. The van der Waals surface area contributed by atoms with Crippen LogP contribution in [0.25, 0.3) is 0 Å². The molecule has 0 aliphatic rings. The van der Waals surface area contributed by atoms with Gasteiger partial charge in [0.1, 0.15) is 5.71 Å². The fourth-order valence-electron chi connectivity index (χ4n) is 0.690. The largest absolute Gasteiger partial charge is 0.481 e. The molecular formula is C7H10N2O6. The summed E-state index contributed by atoms with van der Waals surface area (Å²) in [5, 5.41) is 16.7. The molecule has 0 aliphatic carbocycles. The van der Waals surface area contributed by atoms with Gasteiger partial charge in [-0.05, 0) is 0 Å². The van der Waals surface area contributed by atoms with E-state index in [1.807, 2.05) is 0 Å². The van der Waals surface area contributed by atoms with E-state index in [2.05, 4.69) is 15.7 Å². The van der Waals surface area contributed by atoms with Crippen LogP contribution < -0.4 is 5.90 Å². The molecule has 0 aromatic carbocycles. The lowest BCUT2D eigenvalue weighted by Crippen LogP contribution is -2.24. The molecule has 0 saturated carbocycles. The van der Waals surface area contributed by atoms with Crippen LogP contribution in [0.2, 0.25) is 0 Å². The van der Waals surface area contributed by atoms with Gasteiger partial charge in [0.05, 0.1) is 19.4 Å². The number of nitrogens with two attached hydrogens (primary N) is 1. The molecule has 8 heteroatoms. The van der Waals surface area contributed by atoms with Crippen molar-refractivity contribution in [3.8, 4) is 0 Å². The van der Waals surface area contributed by atoms with Gasteiger partial charge >= 0.3 is 17.9 Å². The highest BCUT2D eigenvalue weighted by molar-refractivity contribution is 6.39. The fourth-order valence-corrected chi connectivity index (χ4v) is 0.690. The third kappa shape index (κ3) is 6.16. The molecule has 0 rings (SSSR count). The van der Waals surface area contributed by atoms with Crippen molar-refractivity contribution >= 4 is 23.6 Å². The number of carboxylic acid groups (broad SMARTS) is 2. The second kappa shape index (κ2) is 6.49. The Labute approximate surface area is 84.3 Å². The molecule has 15 heavy (non-hydrogen) atoms. The first-order valence-electron chi connectivity index (χ1n) is 3.85. The monoisotopic (exact) mass is 218 g/mol. The van der Waals surface area contributed by atoms with Crippen LogP contribution in [-0.4, -0.2) is 40.4 Å². The smallest absolute Gasteiger partial charge is 0.371 e. The Bertz CT molecular complexity index is 298. The molecule has 4 N–H and O–H groups in total. The number of aliphatic carboxylic acids is 2. The van der Waals surface area contributed by atoms with Gasteiger partial charge in [0, 0.05) is 0 Å². The van der Waals surface area contributed by atoms with Crippen LogP contribution in [0.4, 0.5) is 0 Å². The molecule has 84 valence electrons. The van der Waals surface area contributed by atoms with Crippen molar-refractivity contribution in [3.63, 3.8) is 0 Å². The molecule has 0 unspecified atom stereocenters. The summed E-state index contributed by atoms with van der Waals surface area (Å²) in [6.07, 6.45) is -0.962. The zero-order chi connectivity index (χ0) is 11.8.